The lowest BCUT2D eigenvalue weighted by atomic mass is 10.0. The zero-order valence-electron chi connectivity index (χ0n) is 10.5. The highest BCUT2D eigenvalue weighted by molar-refractivity contribution is 5.31. The van der Waals surface area contributed by atoms with E-state index < -0.39 is 6.10 Å². The average molecular weight is 230 g/mol. The first kappa shape index (κ1) is 11.9. The van der Waals surface area contributed by atoms with E-state index in [2.05, 4.69) is 18.9 Å². The van der Waals surface area contributed by atoms with Crippen LogP contribution in [0.15, 0.2) is 30.5 Å². The van der Waals surface area contributed by atoms with Crippen LogP contribution in [0.4, 0.5) is 0 Å². The van der Waals surface area contributed by atoms with Gasteiger partial charge in [0.15, 0.2) is 0 Å². The van der Waals surface area contributed by atoms with Crippen molar-refractivity contribution in [2.24, 2.45) is 0 Å². The summed E-state index contributed by atoms with van der Waals surface area (Å²) in [5.41, 5.74) is 4.37. The number of benzene rings is 1. The SMILES string of the molecule is Cc1ccn(CC(O)c2ccc(C)c(C)c2)n1. The maximum absolute atomic E-state index is 10.1. The molecule has 3 heteroatoms. The van der Waals surface area contributed by atoms with Crippen molar-refractivity contribution in [2.45, 2.75) is 33.4 Å². The van der Waals surface area contributed by atoms with Crippen LogP contribution >= 0.6 is 0 Å². The van der Waals surface area contributed by atoms with Gasteiger partial charge in [-0.1, -0.05) is 18.2 Å². The number of aliphatic hydroxyl groups excluding tert-OH is 1. The van der Waals surface area contributed by atoms with E-state index in [1.807, 2.05) is 37.4 Å². The van der Waals surface area contributed by atoms with Crippen LogP contribution in [-0.4, -0.2) is 14.9 Å². The maximum atomic E-state index is 10.1. The van der Waals surface area contributed by atoms with E-state index in [9.17, 15) is 5.11 Å². The molecule has 1 unspecified atom stereocenters. The molecule has 3 nitrogen and oxygen atoms in total. The van der Waals surface area contributed by atoms with E-state index in [0.29, 0.717) is 6.54 Å². The van der Waals surface area contributed by atoms with Gasteiger partial charge in [-0.05, 0) is 43.5 Å². The van der Waals surface area contributed by atoms with Gasteiger partial charge in [0.05, 0.1) is 18.3 Å². The molecule has 0 amide bonds. The van der Waals surface area contributed by atoms with Crippen molar-refractivity contribution in [3.63, 3.8) is 0 Å². The molecule has 0 spiro atoms. The third-order valence-corrected chi connectivity index (χ3v) is 3.05. The maximum Gasteiger partial charge on any atom is 0.0985 e. The molecule has 1 N–H and O–H groups in total. The molecule has 0 radical (unpaired) electrons. The molecule has 1 heterocycles. The lowest BCUT2D eigenvalue weighted by molar-refractivity contribution is 0.151. The van der Waals surface area contributed by atoms with Crippen molar-refractivity contribution in [1.29, 1.82) is 0 Å². The van der Waals surface area contributed by atoms with Gasteiger partial charge >= 0.3 is 0 Å². The van der Waals surface area contributed by atoms with Crippen molar-refractivity contribution in [3.05, 3.63) is 52.8 Å². The predicted molar refractivity (Wildman–Crippen MR) is 67.8 cm³/mol. The Morgan fingerprint density at radius 3 is 2.53 bits per heavy atom. The molecule has 0 aliphatic carbocycles. The minimum atomic E-state index is -0.506. The number of hydrogen-bond donors (Lipinski definition) is 1. The molecule has 0 saturated carbocycles. The Kier molecular flexibility index (Phi) is 3.29. The lowest BCUT2D eigenvalue weighted by Crippen LogP contribution is -2.09. The van der Waals surface area contributed by atoms with Crippen LogP contribution in [0.5, 0.6) is 0 Å². The van der Waals surface area contributed by atoms with Crippen LogP contribution < -0.4 is 0 Å². The van der Waals surface area contributed by atoms with Gasteiger partial charge in [-0.25, -0.2) is 0 Å². The van der Waals surface area contributed by atoms with Gasteiger partial charge in [-0.15, -0.1) is 0 Å². The van der Waals surface area contributed by atoms with Crippen molar-refractivity contribution < 1.29 is 5.11 Å². The zero-order chi connectivity index (χ0) is 12.4. The van der Waals surface area contributed by atoms with E-state index in [-0.39, 0.29) is 0 Å². The van der Waals surface area contributed by atoms with E-state index in [0.717, 1.165) is 11.3 Å². The summed E-state index contributed by atoms with van der Waals surface area (Å²) in [4.78, 5) is 0. The summed E-state index contributed by atoms with van der Waals surface area (Å²) in [7, 11) is 0. The second kappa shape index (κ2) is 4.72. The normalized spacial score (nSPS) is 12.7. The molecule has 2 aromatic rings. The summed E-state index contributed by atoms with van der Waals surface area (Å²) in [5.74, 6) is 0. The zero-order valence-corrected chi connectivity index (χ0v) is 10.5. The molecule has 90 valence electrons. The first-order chi connectivity index (χ1) is 8.06. The van der Waals surface area contributed by atoms with Gasteiger partial charge in [0.25, 0.3) is 0 Å². The van der Waals surface area contributed by atoms with Crippen molar-refractivity contribution in [1.82, 2.24) is 9.78 Å². The van der Waals surface area contributed by atoms with Crippen LogP contribution in [0, 0.1) is 20.8 Å². The first-order valence-corrected chi connectivity index (χ1v) is 5.81. The molecule has 0 aliphatic rings. The fourth-order valence-corrected chi connectivity index (χ4v) is 1.82. The summed E-state index contributed by atoms with van der Waals surface area (Å²) < 4.78 is 1.77. The highest BCUT2D eigenvalue weighted by Gasteiger charge is 2.09. The molecule has 0 aliphatic heterocycles. The summed E-state index contributed by atoms with van der Waals surface area (Å²) in [6.07, 6.45) is 1.38. The van der Waals surface area contributed by atoms with E-state index in [4.69, 9.17) is 0 Å². The molecule has 0 fully saturated rings. The molecule has 1 aromatic carbocycles. The molecule has 0 bridgehead atoms. The Balaban J connectivity index is 2.14. The Bertz CT molecular complexity index is 517. The van der Waals surface area contributed by atoms with Gasteiger partial charge in [0.1, 0.15) is 0 Å². The summed E-state index contributed by atoms with van der Waals surface area (Å²) in [6, 6.07) is 8.00. The highest BCUT2D eigenvalue weighted by atomic mass is 16.3. The monoisotopic (exact) mass is 230 g/mol. The van der Waals surface area contributed by atoms with Gasteiger partial charge in [-0.3, -0.25) is 4.68 Å². The Morgan fingerprint density at radius 1 is 1.18 bits per heavy atom. The Morgan fingerprint density at radius 2 is 1.94 bits per heavy atom. The first-order valence-electron chi connectivity index (χ1n) is 5.81. The van der Waals surface area contributed by atoms with E-state index in [1.54, 1.807) is 4.68 Å². The predicted octanol–water partition coefficient (Wildman–Crippen LogP) is 2.54. The molecule has 1 atom stereocenters. The van der Waals surface area contributed by atoms with Gasteiger partial charge < -0.3 is 5.11 Å². The van der Waals surface area contributed by atoms with Crippen LogP contribution in [0.3, 0.4) is 0 Å². The summed E-state index contributed by atoms with van der Waals surface area (Å²) >= 11 is 0. The Labute approximate surface area is 102 Å². The number of aryl methyl sites for hydroxylation is 3. The van der Waals surface area contributed by atoms with E-state index in [1.165, 1.54) is 11.1 Å². The largest absolute Gasteiger partial charge is 0.386 e. The van der Waals surface area contributed by atoms with Crippen LogP contribution in [0.2, 0.25) is 0 Å². The quantitative estimate of drug-likeness (QED) is 0.880. The van der Waals surface area contributed by atoms with Crippen LogP contribution in [0.25, 0.3) is 0 Å². The topological polar surface area (TPSA) is 38.0 Å². The molecular formula is C14H18N2O. The third kappa shape index (κ3) is 2.74. The second-order valence-electron chi connectivity index (χ2n) is 4.54. The summed E-state index contributed by atoms with van der Waals surface area (Å²) in [6.45, 7) is 6.57. The Hall–Kier alpha value is -1.61. The minimum Gasteiger partial charge on any atom is -0.386 e. The minimum absolute atomic E-state index is 0.496. The second-order valence-corrected chi connectivity index (χ2v) is 4.54. The fourth-order valence-electron chi connectivity index (χ4n) is 1.82. The molecule has 1 aromatic heterocycles. The molecule has 0 saturated heterocycles. The van der Waals surface area contributed by atoms with E-state index >= 15 is 0 Å². The van der Waals surface area contributed by atoms with Gasteiger partial charge in [0.2, 0.25) is 0 Å². The number of aromatic nitrogens is 2. The van der Waals surface area contributed by atoms with Crippen molar-refractivity contribution in [2.75, 3.05) is 0 Å². The standard InChI is InChI=1S/C14H18N2O/c1-10-4-5-13(8-11(10)2)14(17)9-16-7-6-12(3)15-16/h4-8,14,17H,9H2,1-3H3. The van der Waals surface area contributed by atoms with Gasteiger partial charge in [-0.2, -0.15) is 5.10 Å². The molecular weight excluding hydrogens is 212 g/mol. The van der Waals surface area contributed by atoms with Gasteiger partial charge in [0, 0.05) is 6.20 Å². The van der Waals surface area contributed by atoms with Crippen LogP contribution in [0.1, 0.15) is 28.5 Å². The number of hydrogen-bond acceptors (Lipinski definition) is 2. The van der Waals surface area contributed by atoms with Crippen molar-refractivity contribution in [3.8, 4) is 0 Å². The van der Waals surface area contributed by atoms with Crippen molar-refractivity contribution >= 4 is 0 Å². The summed E-state index contributed by atoms with van der Waals surface area (Å²) in [5, 5.41) is 14.4. The number of nitrogens with zero attached hydrogens (tertiary/aromatic N) is 2. The average Bonchev–Trinajstić information content (AvgIpc) is 2.68. The number of aliphatic hydroxyl groups is 1. The van der Waals surface area contributed by atoms with Crippen LogP contribution in [-0.2, 0) is 6.54 Å². The molecule has 17 heavy (non-hydrogen) atoms. The number of rotatable bonds is 3. The third-order valence-electron chi connectivity index (χ3n) is 3.05. The highest BCUT2D eigenvalue weighted by Crippen LogP contribution is 2.18. The fraction of sp³-hybridized carbons (Fsp3) is 0.357. The molecule has 2 rings (SSSR count). The lowest BCUT2D eigenvalue weighted by Gasteiger charge is -2.12. The smallest absolute Gasteiger partial charge is 0.0985 e.